The molecule has 0 atom stereocenters. The third kappa shape index (κ3) is 5.06. The summed E-state index contributed by atoms with van der Waals surface area (Å²) in [5.41, 5.74) is 4.05. The summed E-state index contributed by atoms with van der Waals surface area (Å²) in [6, 6.07) is 9.63. The van der Waals surface area contributed by atoms with E-state index in [0.717, 1.165) is 37.1 Å². The van der Waals surface area contributed by atoms with Crippen LogP contribution in [0.1, 0.15) is 24.0 Å². The summed E-state index contributed by atoms with van der Waals surface area (Å²) in [6.45, 7) is 6.40. The molecule has 0 spiro atoms. The van der Waals surface area contributed by atoms with Gasteiger partial charge in [-0.15, -0.1) is 0 Å². The van der Waals surface area contributed by atoms with Gasteiger partial charge in [0.15, 0.2) is 0 Å². The number of anilines is 2. The summed E-state index contributed by atoms with van der Waals surface area (Å²) >= 11 is 0. The zero-order valence-electron chi connectivity index (χ0n) is 15.9. The fourth-order valence-electron chi connectivity index (χ4n) is 3.27. The van der Waals surface area contributed by atoms with Crippen LogP contribution in [0.15, 0.2) is 42.7 Å². The molecule has 2 aromatic rings. The first-order valence-electron chi connectivity index (χ1n) is 9.34. The normalized spacial score (nSPS) is 14.7. The van der Waals surface area contributed by atoms with Gasteiger partial charge in [0, 0.05) is 43.4 Å². The van der Waals surface area contributed by atoms with Gasteiger partial charge in [-0.05, 0) is 68.0 Å². The Balaban J connectivity index is 1.42. The molecule has 0 aliphatic carbocycles. The topological polar surface area (TPSA) is 74.3 Å². The van der Waals surface area contributed by atoms with E-state index in [0.29, 0.717) is 18.2 Å². The molecule has 6 heteroatoms. The van der Waals surface area contributed by atoms with Crippen LogP contribution in [0.2, 0.25) is 0 Å². The largest absolute Gasteiger partial charge is 0.371 e. The number of nitrogens with one attached hydrogen (secondary N) is 2. The van der Waals surface area contributed by atoms with Crippen molar-refractivity contribution in [3.63, 3.8) is 0 Å². The summed E-state index contributed by atoms with van der Waals surface area (Å²) in [4.78, 5) is 30.5. The van der Waals surface area contributed by atoms with Gasteiger partial charge in [-0.2, -0.15) is 0 Å². The van der Waals surface area contributed by atoms with Gasteiger partial charge in [0.05, 0.1) is 0 Å². The van der Waals surface area contributed by atoms with Gasteiger partial charge >= 0.3 is 11.8 Å². The molecule has 0 radical (unpaired) electrons. The highest BCUT2D eigenvalue weighted by Gasteiger charge is 2.21. The van der Waals surface area contributed by atoms with E-state index in [1.807, 2.05) is 44.2 Å². The summed E-state index contributed by atoms with van der Waals surface area (Å²) in [7, 11) is 0. The van der Waals surface area contributed by atoms with Crippen molar-refractivity contribution in [2.24, 2.45) is 5.92 Å². The van der Waals surface area contributed by atoms with Crippen molar-refractivity contribution < 1.29 is 9.59 Å². The number of carbonyl (C=O) groups is 2. The third-order valence-electron chi connectivity index (χ3n) is 5.16. The molecule has 3 rings (SSSR count). The van der Waals surface area contributed by atoms with Crippen molar-refractivity contribution in [1.82, 2.24) is 10.3 Å². The van der Waals surface area contributed by atoms with Crippen molar-refractivity contribution >= 4 is 23.2 Å². The van der Waals surface area contributed by atoms with E-state index in [-0.39, 0.29) is 0 Å². The van der Waals surface area contributed by atoms with Crippen molar-refractivity contribution in [2.75, 3.05) is 29.9 Å². The molecular formula is C21H26N4O2. The lowest BCUT2D eigenvalue weighted by Gasteiger charge is -2.33. The van der Waals surface area contributed by atoms with Crippen molar-refractivity contribution in [1.29, 1.82) is 0 Å². The number of hydrogen-bond donors (Lipinski definition) is 2. The predicted octanol–water partition coefficient (Wildman–Crippen LogP) is 2.67. The van der Waals surface area contributed by atoms with Crippen LogP contribution >= 0.6 is 0 Å². The lowest BCUT2D eigenvalue weighted by Crippen LogP contribution is -2.41. The Morgan fingerprint density at radius 1 is 1.04 bits per heavy atom. The fraction of sp³-hybridized carbons (Fsp3) is 0.381. The Bertz CT molecular complexity index is 799. The van der Waals surface area contributed by atoms with E-state index < -0.39 is 11.8 Å². The maximum absolute atomic E-state index is 12.1. The molecule has 2 amide bonds. The molecule has 0 unspecified atom stereocenters. The lowest BCUT2D eigenvalue weighted by molar-refractivity contribution is -0.136. The zero-order valence-corrected chi connectivity index (χ0v) is 15.9. The Morgan fingerprint density at radius 3 is 2.41 bits per heavy atom. The highest BCUT2D eigenvalue weighted by atomic mass is 16.2. The van der Waals surface area contributed by atoms with Crippen LogP contribution in [-0.2, 0) is 9.59 Å². The minimum absolute atomic E-state index is 0.390. The average Bonchev–Trinajstić information content (AvgIpc) is 2.70. The van der Waals surface area contributed by atoms with Gasteiger partial charge in [0.1, 0.15) is 0 Å². The second-order valence-corrected chi connectivity index (χ2v) is 7.10. The van der Waals surface area contributed by atoms with Crippen molar-refractivity contribution in [3.8, 4) is 0 Å². The number of rotatable bonds is 4. The highest BCUT2D eigenvalue weighted by Crippen LogP contribution is 2.22. The average molecular weight is 366 g/mol. The number of benzene rings is 1. The summed E-state index contributed by atoms with van der Waals surface area (Å²) in [5, 5.41) is 5.43. The van der Waals surface area contributed by atoms with Crippen LogP contribution in [0.4, 0.5) is 11.4 Å². The number of nitrogens with zero attached hydrogens (tertiary/aromatic N) is 2. The molecule has 1 aliphatic rings. The molecule has 1 saturated heterocycles. The second-order valence-electron chi connectivity index (χ2n) is 7.10. The number of carbonyl (C=O) groups excluding carboxylic acids is 2. The molecule has 1 fully saturated rings. The standard InChI is InChI=1S/C21H26N4O2/c1-15-3-4-18(13-16(15)2)24-21(27)20(26)23-14-17-7-11-25(12-8-17)19-5-9-22-10-6-19/h3-6,9-10,13,17H,7-8,11-12,14H2,1-2H3,(H,23,26)(H,24,27). The monoisotopic (exact) mass is 366 g/mol. The van der Waals surface area contributed by atoms with Gasteiger partial charge in [0.2, 0.25) is 0 Å². The summed E-state index contributed by atoms with van der Waals surface area (Å²) < 4.78 is 0. The van der Waals surface area contributed by atoms with Gasteiger partial charge < -0.3 is 15.5 Å². The fourth-order valence-corrected chi connectivity index (χ4v) is 3.27. The molecule has 0 bridgehead atoms. The first-order valence-corrected chi connectivity index (χ1v) is 9.34. The Hall–Kier alpha value is -2.89. The number of amides is 2. The van der Waals surface area contributed by atoms with Crippen molar-refractivity contribution in [2.45, 2.75) is 26.7 Å². The molecule has 1 aromatic carbocycles. The molecule has 27 heavy (non-hydrogen) atoms. The van der Waals surface area contributed by atoms with Crippen LogP contribution < -0.4 is 15.5 Å². The van der Waals surface area contributed by atoms with Crippen molar-refractivity contribution in [3.05, 3.63) is 53.9 Å². The third-order valence-corrected chi connectivity index (χ3v) is 5.16. The zero-order chi connectivity index (χ0) is 19.2. The molecule has 1 aromatic heterocycles. The number of pyridine rings is 1. The predicted molar refractivity (Wildman–Crippen MR) is 107 cm³/mol. The van der Waals surface area contributed by atoms with E-state index in [4.69, 9.17) is 0 Å². The number of aryl methyl sites for hydroxylation is 2. The smallest absolute Gasteiger partial charge is 0.313 e. The van der Waals surface area contributed by atoms with Crippen LogP contribution in [-0.4, -0.2) is 36.4 Å². The quantitative estimate of drug-likeness (QED) is 0.816. The molecule has 0 saturated carbocycles. The summed E-state index contributed by atoms with van der Waals surface area (Å²) in [6.07, 6.45) is 5.58. The Morgan fingerprint density at radius 2 is 1.74 bits per heavy atom. The SMILES string of the molecule is Cc1ccc(NC(=O)C(=O)NCC2CCN(c3ccncc3)CC2)cc1C. The van der Waals surface area contributed by atoms with E-state index >= 15 is 0 Å². The number of piperidine rings is 1. The minimum atomic E-state index is -0.618. The first-order chi connectivity index (χ1) is 13.0. The molecule has 2 N–H and O–H groups in total. The van der Waals surface area contributed by atoms with Gasteiger partial charge in [-0.25, -0.2) is 0 Å². The van der Waals surface area contributed by atoms with E-state index in [9.17, 15) is 9.59 Å². The number of aromatic nitrogens is 1. The second kappa shape index (κ2) is 8.66. The van der Waals surface area contributed by atoms with Crippen LogP contribution in [0.25, 0.3) is 0 Å². The van der Waals surface area contributed by atoms with Crippen LogP contribution in [0.5, 0.6) is 0 Å². The number of hydrogen-bond acceptors (Lipinski definition) is 4. The van der Waals surface area contributed by atoms with E-state index in [2.05, 4.69) is 20.5 Å². The molecule has 2 heterocycles. The van der Waals surface area contributed by atoms with E-state index in [1.165, 1.54) is 5.69 Å². The maximum Gasteiger partial charge on any atom is 0.313 e. The minimum Gasteiger partial charge on any atom is -0.371 e. The molecule has 6 nitrogen and oxygen atoms in total. The van der Waals surface area contributed by atoms with Gasteiger partial charge in [-0.1, -0.05) is 6.07 Å². The van der Waals surface area contributed by atoms with Gasteiger partial charge in [-0.3, -0.25) is 14.6 Å². The molecule has 142 valence electrons. The Kier molecular flexibility index (Phi) is 6.06. The first kappa shape index (κ1) is 18.9. The molecular weight excluding hydrogens is 340 g/mol. The Labute approximate surface area is 160 Å². The van der Waals surface area contributed by atoms with Crippen LogP contribution in [0, 0.1) is 19.8 Å². The highest BCUT2D eigenvalue weighted by molar-refractivity contribution is 6.39. The van der Waals surface area contributed by atoms with E-state index in [1.54, 1.807) is 12.4 Å². The van der Waals surface area contributed by atoms with Gasteiger partial charge in [0.25, 0.3) is 0 Å². The maximum atomic E-state index is 12.1. The summed E-state index contributed by atoms with van der Waals surface area (Å²) in [5.74, 6) is -0.807. The lowest BCUT2D eigenvalue weighted by atomic mass is 9.96. The van der Waals surface area contributed by atoms with Crippen LogP contribution in [0.3, 0.4) is 0 Å². The molecule has 1 aliphatic heterocycles.